The molecule has 1 aliphatic rings. The molecule has 0 radical (unpaired) electrons. The maximum absolute atomic E-state index is 5.28. The standard InChI is InChI=1S/C14H17N/c1-2-10-15-14(13-8-9-13)11-12-6-4-3-5-7-12/h1,3-7,13-15H,8-11H2. The van der Waals surface area contributed by atoms with E-state index in [9.17, 15) is 0 Å². The molecule has 2 rings (SSSR count). The SMILES string of the molecule is C#CCNC(Cc1ccccc1)C1CC1. The van der Waals surface area contributed by atoms with Crippen molar-refractivity contribution in [2.24, 2.45) is 5.92 Å². The first-order valence-corrected chi connectivity index (χ1v) is 5.61. The van der Waals surface area contributed by atoms with Crippen molar-refractivity contribution in [1.29, 1.82) is 0 Å². The Hall–Kier alpha value is -1.26. The van der Waals surface area contributed by atoms with Crippen molar-refractivity contribution in [2.75, 3.05) is 6.54 Å². The van der Waals surface area contributed by atoms with Gasteiger partial charge in [-0.05, 0) is 30.7 Å². The Morgan fingerprint density at radius 2 is 2.07 bits per heavy atom. The minimum Gasteiger partial charge on any atom is -0.303 e. The van der Waals surface area contributed by atoms with Crippen molar-refractivity contribution in [3.05, 3.63) is 35.9 Å². The molecule has 0 saturated heterocycles. The van der Waals surface area contributed by atoms with Gasteiger partial charge in [-0.25, -0.2) is 0 Å². The minimum absolute atomic E-state index is 0.573. The van der Waals surface area contributed by atoms with E-state index in [1.54, 1.807) is 0 Å². The fraction of sp³-hybridized carbons (Fsp3) is 0.429. The van der Waals surface area contributed by atoms with Gasteiger partial charge < -0.3 is 5.32 Å². The van der Waals surface area contributed by atoms with Crippen LogP contribution < -0.4 is 5.32 Å². The van der Waals surface area contributed by atoms with E-state index in [1.807, 2.05) is 0 Å². The number of rotatable bonds is 5. The van der Waals surface area contributed by atoms with Crippen molar-refractivity contribution >= 4 is 0 Å². The highest BCUT2D eigenvalue weighted by Crippen LogP contribution is 2.33. The van der Waals surface area contributed by atoms with Gasteiger partial charge in [0.25, 0.3) is 0 Å². The third kappa shape index (κ3) is 3.11. The average Bonchev–Trinajstić information content (AvgIpc) is 3.09. The van der Waals surface area contributed by atoms with Gasteiger partial charge in [-0.3, -0.25) is 0 Å². The molecule has 1 unspecified atom stereocenters. The molecule has 1 N–H and O–H groups in total. The first-order valence-electron chi connectivity index (χ1n) is 5.61. The number of terminal acetylenes is 1. The van der Waals surface area contributed by atoms with E-state index in [-0.39, 0.29) is 0 Å². The summed E-state index contributed by atoms with van der Waals surface area (Å²) in [7, 11) is 0. The van der Waals surface area contributed by atoms with E-state index in [4.69, 9.17) is 6.42 Å². The first kappa shape index (κ1) is 10.3. The predicted octanol–water partition coefficient (Wildman–Crippen LogP) is 2.23. The van der Waals surface area contributed by atoms with Crippen molar-refractivity contribution < 1.29 is 0 Å². The molecular formula is C14H17N. The lowest BCUT2D eigenvalue weighted by Crippen LogP contribution is -2.33. The summed E-state index contributed by atoms with van der Waals surface area (Å²) in [6.07, 6.45) is 9.10. The number of benzene rings is 1. The third-order valence-electron chi connectivity index (χ3n) is 2.96. The predicted molar refractivity (Wildman–Crippen MR) is 63.5 cm³/mol. The summed E-state index contributed by atoms with van der Waals surface area (Å²) in [5.74, 6) is 3.50. The molecule has 1 aliphatic carbocycles. The zero-order chi connectivity index (χ0) is 10.5. The molecule has 1 fully saturated rings. The molecule has 1 heteroatoms. The van der Waals surface area contributed by atoms with Crippen LogP contribution in [0.25, 0.3) is 0 Å². The fourth-order valence-corrected chi connectivity index (χ4v) is 1.96. The molecule has 1 aromatic carbocycles. The molecule has 0 bridgehead atoms. The maximum Gasteiger partial charge on any atom is 0.0576 e. The highest BCUT2D eigenvalue weighted by Gasteiger charge is 2.30. The van der Waals surface area contributed by atoms with Crippen LogP contribution >= 0.6 is 0 Å². The van der Waals surface area contributed by atoms with Crippen LogP contribution in [0.4, 0.5) is 0 Å². The van der Waals surface area contributed by atoms with Crippen molar-refractivity contribution in [3.63, 3.8) is 0 Å². The zero-order valence-corrected chi connectivity index (χ0v) is 8.95. The molecule has 0 amide bonds. The third-order valence-corrected chi connectivity index (χ3v) is 2.96. The Bertz CT molecular complexity index is 332. The van der Waals surface area contributed by atoms with E-state index in [2.05, 4.69) is 41.6 Å². The maximum atomic E-state index is 5.28. The first-order chi connectivity index (χ1) is 7.40. The number of nitrogens with one attached hydrogen (secondary N) is 1. The zero-order valence-electron chi connectivity index (χ0n) is 8.95. The van der Waals surface area contributed by atoms with Crippen molar-refractivity contribution in [2.45, 2.75) is 25.3 Å². The van der Waals surface area contributed by atoms with Crippen molar-refractivity contribution in [1.82, 2.24) is 5.32 Å². The van der Waals surface area contributed by atoms with Crippen LogP contribution in [0.5, 0.6) is 0 Å². The van der Waals surface area contributed by atoms with Gasteiger partial charge in [0.15, 0.2) is 0 Å². The fourth-order valence-electron chi connectivity index (χ4n) is 1.96. The lowest BCUT2D eigenvalue weighted by atomic mass is 10.0. The lowest BCUT2D eigenvalue weighted by Gasteiger charge is -2.16. The molecule has 15 heavy (non-hydrogen) atoms. The molecule has 1 aromatic rings. The van der Waals surface area contributed by atoms with Gasteiger partial charge >= 0.3 is 0 Å². The summed E-state index contributed by atoms with van der Waals surface area (Å²) >= 11 is 0. The Balaban J connectivity index is 1.92. The molecule has 1 atom stereocenters. The lowest BCUT2D eigenvalue weighted by molar-refractivity contribution is 0.485. The van der Waals surface area contributed by atoms with E-state index in [0.717, 1.165) is 12.3 Å². The average molecular weight is 199 g/mol. The van der Waals surface area contributed by atoms with Crippen LogP contribution in [0, 0.1) is 18.3 Å². The van der Waals surface area contributed by atoms with Gasteiger partial charge in [0.05, 0.1) is 6.54 Å². The Morgan fingerprint density at radius 3 is 2.67 bits per heavy atom. The molecule has 0 heterocycles. The Labute approximate surface area is 91.9 Å². The monoisotopic (exact) mass is 199 g/mol. The summed E-state index contributed by atoms with van der Waals surface area (Å²) in [5, 5.41) is 3.44. The van der Waals surface area contributed by atoms with Gasteiger partial charge in [-0.15, -0.1) is 6.42 Å². The Morgan fingerprint density at radius 1 is 1.33 bits per heavy atom. The molecule has 1 saturated carbocycles. The molecule has 0 aliphatic heterocycles. The quantitative estimate of drug-likeness (QED) is 0.717. The number of hydrogen-bond acceptors (Lipinski definition) is 1. The van der Waals surface area contributed by atoms with Gasteiger partial charge in [0.1, 0.15) is 0 Å². The summed E-state index contributed by atoms with van der Waals surface area (Å²) in [4.78, 5) is 0. The second-order valence-electron chi connectivity index (χ2n) is 4.22. The van der Waals surface area contributed by atoms with Crippen LogP contribution in [0.3, 0.4) is 0 Å². The van der Waals surface area contributed by atoms with E-state index >= 15 is 0 Å². The van der Waals surface area contributed by atoms with E-state index in [0.29, 0.717) is 12.6 Å². The molecule has 1 nitrogen and oxygen atoms in total. The summed E-state index contributed by atoms with van der Waals surface area (Å²) in [6.45, 7) is 0.688. The highest BCUT2D eigenvalue weighted by atomic mass is 14.9. The van der Waals surface area contributed by atoms with Crippen molar-refractivity contribution in [3.8, 4) is 12.3 Å². The normalized spacial score (nSPS) is 17.0. The van der Waals surface area contributed by atoms with Gasteiger partial charge in [-0.2, -0.15) is 0 Å². The van der Waals surface area contributed by atoms with Gasteiger partial charge in [0, 0.05) is 6.04 Å². The van der Waals surface area contributed by atoms with Crippen LogP contribution in [-0.2, 0) is 6.42 Å². The highest BCUT2D eigenvalue weighted by molar-refractivity contribution is 5.16. The number of hydrogen-bond donors (Lipinski definition) is 1. The van der Waals surface area contributed by atoms with E-state index in [1.165, 1.54) is 18.4 Å². The Kier molecular flexibility index (Phi) is 3.42. The molecule has 78 valence electrons. The second kappa shape index (κ2) is 5.00. The van der Waals surface area contributed by atoms with Crippen LogP contribution in [0.15, 0.2) is 30.3 Å². The summed E-state index contributed by atoms with van der Waals surface area (Å²) in [5.41, 5.74) is 1.40. The van der Waals surface area contributed by atoms with Crippen LogP contribution in [-0.4, -0.2) is 12.6 Å². The molecule has 0 spiro atoms. The van der Waals surface area contributed by atoms with E-state index < -0.39 is 0 Å². The van der Waals surface area contributed by atoms with Crippen LogP contribution in [0.2, 0.25) is 0 Å². The minimum atomic E-state index is 0.573. The summed E-state index contributed by atoms with van der Waals surface area (Å²) in [6, 6.07) is 11.2. The molecular weight excluding hydrogens is 182 g/mol. The van der Waals surface area contributed by atoms with Crippen LogP contribution in [0.1, 0.15) is 18.4 Å². The topological polar surface area (TPSA) is 12.0 Å². The van der Waals surface area contributed by atoms with Gasteiger partial charge in [-0.1, -0.05) is 36.3 Å². The summed E-state index contributed by atoms with van der Waals surface area (Å²) < 4.78 is 0. The molecule has 0 aromatic heterocycles. The smallest absolute Gasteiger partial charge is 0.0576 e. The largest absolute Gasteiger partial charge is 0.303 e. The second-order valence-corrected chi connectivity index (χ2v) is 4.22. The van der Waals surface area contributed by atoms with Gasteiger partial charge in [0.2, 0.25) is 0 Å².